The number of phenolic OH excluding ortho intramolecular Hbond substituents is 1. The van der Waals surface area contributed by atoms with E-state index in [2.05, 4.69) is 15.9 Å². The van der Waals surface area contributed by atoms with Gasteiger partial charge in [-0.05, 0) is 30.5 Å². The Hall–Kier alpha value is -0.580. The molecule has 0 bridgehead atoms. The molecule has 15 heavy (non-hydrogen) atoms. The lowest BCUT2D eigenvalue weighted by Gasteiger charge is -2.19. The van der Waals surface area contributed by atoms with Crippen LogP contribution in [-0.2, 0) is 0 Å². The molecule has 0 aromatic heterocycles. The first-order chi connectivity index (χ1) is 7.06. The van der Waals surface area contributed by atoms with E-state index in [4.69, 9.17) is 5.11 Å². The number of rotatable bonds is 4. The fraction of sp³-hybridized carbons (Fsp3) is 0.455. The molecule has 3 N–H and O–H groups in total. The maximum absolute atomic E-state index is 9.93. The number of aliphatic hydroxyl groups is 2. The Morgan fingerprint density at radius 3 is 2.67 bits per heavy atom. The number of halogens is 1. The second-order valence-electron chi connectivity index (χ2n) is 3.64. The van der Waals surface area contributed by atoms with Gasteiger partial charge in [0.25, 0.3) is 0 Å². The van der Waals surface area contributed by atoms with Crippen LogP contribution in [0, 0.1) is 5.92 Å². The van der Waals surface area contributed by atoms with E-state index >= 15 is 0 Å². The van der Waals surface area contributed by atoms with Crippen LogP contribution < -0.4 is 0 Å². The number of aromatic hydroxyl groups is 1. The third kappa shape index (κ3) is 3.19. The average Bonchev–Trinajstić information content (AvgIpc) is 2.21. The molecule has 84 valence electrons. The van der Waals surface area contributed by atoms with Crippen molar-refractivity contribution in [3.05, 3.63) is 28.2 Å². The molecule has 3 nitrogen and oxygen atoms in total. The molecule has 0 saturated heterocycles. The van der Waals surface area contributed by atoms with Crippen LogP contribution >= 0.6 is 15.9 Å². The fourth-order valence-corrected chi connectivity index (χ4v) is 1.81. The topological polar surface area (TPSA) is 60.7 Å². The van der Waals surface area contributed by atoms with E-state index in [1.165, 1.54) is 6.07 Å². The number of benzene rings is 1. The predicted octanol–water partition coefficient (Wildman–Crippen LogP) is 2.21. The second-order valence-corrected chi connectivity index (χ2v) is 4.55. The molecule has 0 saturated carbocycles. The first-order valence-corrected chi connectivity index (χ1v) is 5.63. The van der Waals surface area contributed by atoms with E-state index < -0.39 is 6.10 Å². The summed E-state index contributed by atoms with van der Waals surface area (Å²) in [5.41, 5.74) is 0.491. The fourth-order valence-electron chi connectivity index (χ4n) is 1.43. The molecule has 0 heterocycles. The van der Waals surface area contributed by atoms with E-state index in [1.54, 1.807) is 12.1 Å². The predicted molar refractivity (Wildman–Crippen MR) is 61.6 cm³/mol. The zero-order chi connectivity index (χ0) is 11.4. The number of hydrogen-bond donors (Lipinski definition) is 3. The van der Waals surface area contributed by atoms with Crippen molar-refractivity contribution >= 4 is 15.9 Å². The number of phenols is 1. The Morgan fingerprint density at radius 1 is 1.40 bits per heavy atom. The molecule has 4 heteroatoms. The molecule has 2 atom stereocenters. The van der Waals surface area contributed by atoms with Crippen molar-refractivity contribution in [2.24, 2.45) is 5.92 Å². The Labute approximate surface area is 97.5 Å². The van der Waals surface area contributed by atoms with Gasteiger partial charge in [0.1, 0.15) is 5.75 Å². The van der Waals surface area contributed by atoms with Gasteiger partial charge in [-0.15, -0.1) is 0 Å². The van der Waals surface area contributed by atoms with Gasteiger partial charge in [0, 0.05) is 16.6 Å². The third-order valence-corrected chi connectivity index (χ3v) is 2.92. The van der Waals surface area contributed by atoms with Crippen LogP contribution in [-0.4, -0.2) is 21.9 Å². The van der Waals surface area contributed by atoms with E-state index in [-0.39, 0.29) is 18.3 Å². The summed E-state index contributed by atoms with van der Waals surface area (Å²) in [6.07, 6.45) is -0.248. The van der Waals surface area contributed by atoms with E-state index in [0.29, 0.717) is 12.0 Å². The third-order valence-electron chi connectivity index (χ3n) is 2.43. The van der Waals surface area contributed by atoms with Crippen molar-refractivity contribution in [2.45, 2.75) is 19.4 Å². The lowest BCUT2D eigenvalue weighted by atomic mass is 9.94. The number of hydrogen-bond acceptors (Lipinski definition) is 3. The zero-order valence-electron chi connectivity index (χ0n) is 8.52. The summed E-state index contributed by atoms with van der Waals surface area (Å²) < 4.78 is 0.811. The minimum Gasteiger partial charge on any atom is -0.508 e. The van der Waals surface area contributed by atoms with Gasteiger partial charge in [0.2, 0.25) is 0 Å². The van der Waals surface area contributed by atoms with Crippen LogP contribution in [0.1, 0.15) is 25.0 Å². The molecule has 0 fully saturated rings. The molecule has 0 aliphatic carbocycles. The van der Waals surface area contributed by atoms with Gasteiger partial charge in [-0.2, -0.15) is 0 Å². The summed E-state index contributed by atoms with van der Waals surface area (Å²) in [6.45, 7) is 1.87. The summed E-state index contributed by atoms with van der Waals surface area (Å²) in [4.78, 5) is 0. The van der Waals surface area contributed by atoms with Crippen molar-refractivity contribution < 1.29 is 15.3 Å². The average molecular weight is 275 g/mol. The SMILES string of the molecule is C[C@H](CCO)[C@@H](O)c1cc(Br)ccc1O. The van der Waals surface area contributed by atoms with Crippen LogP contribution in [0.5, 0.6) is 5.75 Å². The smallest absolute Gasteiger partial charge is 0.121 e. The van der Waals surface area contributed by atoms with Gasteiger partial charge >= 0.3 is 0 Å². The Balaban J connectivity index is 2.89. The minimum absolute atomic E-state index is 0.0347. The standard InChI is InChI=1S/C11H15BrO3/c1-7(4-5-13)11(15)9-6-8(12)2-3-10(9)14/h2-3,6-7,11,13-15H,4-5H2,1H3/t7-,11-/m1/s1. The van der Waals surface area contributed by atoms with Gasteiger partial charge in [0.05, 0.1) is 6.10 Å². The lowest BCUT2D eigenvalue weighted by Crippen LogP contribution is -2.11. The minimum atomic E-state index is -0.755. The molecule has 0 unspecified atom stereocenters. The Bertz CT molecular complexity index is 328. The monoisotopic (exact) mass is 274 g/mol. The molecule has 1 aromatic rings. The highest BCUT2D eigenvalue weighted by atomic mass is 79.9. The van der Waals surface area contributed by atoms with Crippen molar-refractivity contribution in [1.29, 1.82) is 0 Å². The Morgan fingerprint density at radius 2 is 2.07 bits per heavy atom. The molecular weight excluding hydrogens is 260 g/mol. The molecule has 0 radical (unpaired) electrons. The molecule has 1 rings (SSSR count). The quantitative estimate of drug-likeness (QED) is 0.789. The van der Waals surface area contributed by atoms with E-state index in [9.17, 15) is 10.2 Å². The molecule has 0 amide bonds. The van der Waals surface area contributed by atoms with Crippen LogP contribution in [0.2, 0.25) is 0 Å². The second kappa shape index (κ2) is 5.49. The highest BCUT2D eigenvalue weighted by Crippen LogP contribution is 2.32. The van der Waals surface area contributed by atoms with Crippen LogP contribution in [0.15, 0.2) is 22.7 Å². The summed E-state index contributed by atoms with van der Waals surface area (Å²) >= 11 is 3.28. The highest BCUT2D eigenvalue weighted by molar-refractivity contribution is 9.10. The summed E-state index contributed by atoms with van der Waals surface area (Å²) in [5, 5.41) is 28.3. The van der Waals surface area contributed by atoms with Crippen molar-refractivity contribution in [3.63, 3.8) is 0 Å². The molecular formula is C11H15BrO3. The van der Waals surface area contributed by atoms with Crippen molar-refractivity contribution in [3.8, 4) is 5.75 Å². The van der Waals surface area contributed by atoms with Gasteiger partial charge in [-0.25, -0.2) is 0 Å². The number of aliphatic hydroxyl groups excluding tert-OH is 2. The first kappa shape index (κ1) is 12.5. The van der Waals surface area contributed by atoms with Gasteiger partial charge in [-0.3, -0.25) is 0 Å². The lowest BCUT2D eigenvalue weighted by molar-refractivity contribution is 0.0966. The first-order valence-electron chi connectivity index (χ1n) is 4.83. The van der Waals surface area contributed by atoms with E-state index in [1.807, 2.05) is 6.92 Å². The van der Waals surface area contributed by atoms with Crippen LogP contribution in [0.25, 0.3) is 0 Å². The van der Waals surface area contributed by atoms with Gasteiger partial charge in [-0.1, -0.05) is 22.9 Å². The normalized spacial score (nSPS) is 14.9. The van der Waals surface area contributed by atoms with Gasteiger partial charge in [0.15, 0.2) is 0 Å². The highest BCUT2D eigenvalue weighted by Gasteiger charge is 2.19. The van der Waals surface area contributed by atoms with Crippen molar-refractivity contribution in [2.75, 3.05) is 6.61 Å². The van der Waals surface area contributed by atoms with Crippen molar-refractivity contribution in [1.82, 2.24) is 0 Å². The maximum Gasteiger partial charge on any atom is 0.121 e. The molecule has 1 aromatic carbocycles. The van der Waals surface area contributed by atoms with Crippen LogP contribution in [0.3, 0.4) is 0 Å². The Kier molecular flexibility index (Phi) is 4.57. The van der Waals surface area contributed by atoms with E-state index in [0.717, 1.165) is 4.47 Å². The van der Waals surface area contributed by atoms with Crippen LogP contribution in [0.4, 0.5) is 0 Å². The molecule has 0 aliphatic heterocycles. The zero-order valence-corrected chi connectivity index (χ0v) is 10.1. The summed E-state index contributed by atoms with van der Waals surface area (Å²) in [5.74, 6) is -0.00862. The summed E-state index contributed by atoms with van der Waals surface area (Å²) in [6, 6.07) is 4.93. The van der Waals surface area contributed by atoms with Gasteiger partial charge < -0.3 is 15.3 Å². The maximum atomic E-state index is 9.93. The summed E-state index contributed by atoms with van der Waals surface area (Å²) in [7, 11) is 0. The largest absolute Gasteiger partial charge is 0.508 e. The molecule has 0 aliphatic rings. The molecule has 0 spiro atoms.